The first-order valence-electron chi connectivity index (χ1n) is 27.5. The summed E-state index contributed by atoms with van der Waals surface area (Å²) >= 11 is 0. The number of nitrogens with one attached hydrogen (secondary N) is 3. The molecule has 0 spiro atoms. The molecule has 0 radical (unpaired) electrons. The Morgan fingerprint density at radius 2 is 0.690 bits per heavy atom. The molecule has 39 nitrogen and oxygen atoms in total. The van der Waals surface area contributed by atoms with Gasteiger partial charge < -0.3 is 180 Å². The third-order valence-corrected chi connectivity index (χ3v) is 15.4. The van der Waals surface area contributed by atoms with Gasteiger partial charge in [-0.1, -0.05) is 0 Å². The van der Waals surface area contributed by atoms with Crippen LogP contribution >= 0.6 is 0 Å². The molecule has 3 amide bonds. The molecule has 0 aromatic heterocycles. The number of aliphatic hydroxyl groups excluding tert-OH is 21. The van der Waals surface area contributed by atoms with Crippen molar-refractivity contribution in [1.82, 2.24) is 16.0 Å². The van der Waals surface area contributed by atoms with E-state index in [9.17, 15) is 122 Å². The molecule has 0 aromatic rings. The Labute approximate surface area is 493 Å². The van der Waals surface area contributed by atoms with Gasteiger partial charge in [0.1, 0.15) is 165 Å². The van der Waals surface area contributed by atoms with Crippen LogP contribution in [0.15, 0.2) is 0 Å². The molecule has 39 heteroatoms. The van der Waals surface area contributed by atoms with Crippen LogP contribution in [-0.2, 0) is 71.2 Å². The fourth-order valence-electron chi connectivity index (χ4n) is 10.8. The van der Waals surface area contributed by atoms with Gasteiger partial charge >= 0.3 is 0 Å². The summed E-state index contributed by atoms with van der Waals surface area (Å²) in [4.78, 5) is 37.4. The molecule has 6 aliphatic rings. The number of hydrogen-bond donors (Lipinski definition) is 24. The van der Waals surface area contributed by atoms with Gasteiger partial charge in [0, 0.05) is 20.8 Å². The van der Waals surface area contributed by atoms with Crippen LogP contribution in [0.25, 0.3) is 0 Å². The minimum Gasteiger partial charge on any atom is -0.394 e. The van der Waals surface area contributed by atoms with Crippen LogP contribution in [-0.4, -0.2) is 386 Å². The second-order valence-electron chi connectivity index (χ2n) is 21.5. The zero-order chi connectivity index (χ0) is 64.6. The summed E-state index contributed by atoms with van der Waals surface area (Å²) in [6, 6.07) is -5.30. The maximum Gasteiger partial charge on any atom is 0.217 e. The van der Waals surface area contributed by atoms with Crippen LogP contribution in [0.1, 0.15) is 20.8 Å². The van der Waals surface area contributed by atoms with E-state index in [0.29, 0.717) is 0 Å². The second-order valence-corrected chi connectivity index (χ2v) is 21.5. The number of rotatable bonds is 26. The van der Waals surface area contributed by atoms with Crippen molar-refractivity contribution in [1.29, 1.82) is 0 Å². The molecule has 0 aliphatic carbocycles. The average molecular weight is 1280 g/mol. The fraction of sp³-hybridized carbons (Fsp3) is 0.938. The van der Waals surface area contributed by atoms with E-state index in [1.165, 1.54) is 0 Å². The summed E-state index contributed by atoms with van der Waals surface area (Å²) < 4.78 is 69.1. The second kappa shape index (κ2) is 32.6. The van der Waals surface area contributed by atoms with E-state index in [-0.39, 0.29) is 0 Å². The first-order chi connectivity index (χ1) is 41.1. The van der Waals surface area contributed by atoms with Crippen LogP contribution in [0.4, 0.5) is 0 Å². The summed E-state index contributed by atoms with van der Waals surface area (Å²) in [6.07, 6.45) is -61.7. The number of carbonyl (C=O) groups excluding carboxylic acids is 3. The third kappa shape index (κ3) is 16.7. The Morgan fingerprint density at radius 3 is 1.03 bits per heavy atom. The van der Waals surface area contributed by atoms with E-state index in [1.807, 2.05) is 0 Å². The van der Waals surface area contributed by atoms with Crippen molar-refractivity contribution in [2.75, 3.05) is 52.9 Å². The van der Waals surface area contributed by atoms with Crippen LogP contribution in [0, 0.1) is 0 Å². The fourth-order valence-corrected chi connectivity index (χ4v) is 10.8. The Hall–Kier alpha value is -2.91. The Morgan fingerprint density at radius 1 is 0.368 bits per heavy atom. The molecular weight excluding hydrogens is 1190 g/mol. The van der Waals surface area contributed by atoms with Gasteiger partial charge in [0.2, 0.25) is 17.7 Å². The summed E-state index contributed by atoms with van der Waals surface area (Å²) in [5, 5.41) is 233. The van der Waals surface area contributed by atoms with Crippen molar-refractivity contribution < 1.29 is 178 Å². The van der Waals surface area contributed by atoms with Crippen molar-refractivity contribution >= 4 is 17.7 Å². The minimum absolute atomic E-state index is 0.779. The van der Waals surface area contributed by atoms with E-state index in [2.05, 4.69) is 16.0 Å². The quantitative estimate of drug-likeness (QED) is 0.0382. The van der Waals surface area contributed by atoms with Gasteiger partial charge in [-0.15, -0.1) is 0 Å². The highest BCUT2D eigenvalue weighted by molar-refractivity contribution is 5.74. The molecule has 6 fully saturated rings. The first-order valence-corrected chi connectivity index (χ1v) is 27.5. The molecule has 6 saturated heterocycles. The van der Waals surface area contributed by atoms with Crippen molar-refractivity contribution in [3.05, 3.63) is 0 Å². The molecule has 24 N–H and O–H groups in total. The monoisotopic (exact) mass is 1280 g/mol. The van der Waals surface area contributed by atoms with E-state index in [4.69, 9.17) is 56.8 Å². The Kier molecular flexibility index (Phi) is 27.4. The topological polar surface area (TPSA) is 623 Å². The molecule has 87 heavy (non-hydrogen) atoms. The maximum atomic E-state index is 12.7. The molecule has 6 aliphatic heterocycles. The Balaban J connectivity index is 1.21. The number of hydrogen-bond acceptors (Lipinski definition) is 36. The van der Waals surface area contributed by atoms with Crippen molar-refractivity contribution in [2.45, 2.75) is 229 Å². The predicted octanol–water partition coefficient (Wildman–Crippen LogP) is -16.2. The van der Waals surface area contributed by atoms with Gasteiger partial charge in [0.15, 0.2) is 37.7 Å². The lowest BCUT2D eigenvalue weighted by Crippen LogP contribution is -2.71. The van der Waals surface area contributed by atoms with E-state index in [1.54, 1.807) is 0 Å². The van der Waals surface area contributed by atoms with E-state index < -0.39 is 279 Å². The maximum absolute atomic E-state index is 12.7. The number of amides is 3. The van der Waals surface area contributed by atoms with Gasteiger partial charge in [-0.05, 0) is 0 Å². The number of carbonyl (C=O) groups is 3. The summed E-state index contributed by atoms with van der Waals surface area (Å²) in [7, 11) is 0. The summed E-state index contributed by atoms with van der Waals surface area (Å²) in [5.74, 6) is -2.59. The highest BCUT2D eigenvalue weighted by atomic mass is 16.8. The summed E-state index contributed by atoms with van der Waals surface area (Å²) in [5.41, 5.74) is 0. The molecule has 0 saturated carbocycles. The number of ether oxygens (including phenoxy) is 12. The molecule has 6 heterocycles. The molecule has 0 aromatic carbocycles. The van der Waals surface area contributed by atoms with Crippen molar-refractivity contribution in [3.63, 3.8) is 0 Å². The van der Waals surface area contributed by atoms with Crippen LogP contribution < -0.4 is 16.0 Å². The minimum atomic E-state index is -2.30. The third-order valence-electron chi connectivity index (χ3n) is 15.4. The zero-order valence-corrected chi connectivity index (χ0v) is 46.8. The lowest BCUT2D eigenvalue weighted by atomic mass is 9.93. The Bertz CT molecular complexity index is 2140. The number of aliphatic hydroxyl groups is 21. The molecule has 34 atom stereocenters. The lowest BCUT2D eigenvalue weighted by molar-refractivity contribution is -0.388. The first kappa shape index (κ1) is 73.1. The van der Waals surface area contributed by atoms with Gasteiger partial charge in [-0.25, -0.2) is 0 Å². The predicted molar refractivity (Wildman–Crippen MR) is 269 cm³/mol. The standard InChI is InChI=1S/C48H83N3O36/c1-12(60)49-15(4-52)37(25(64)16(63)5-53)82-46-34(73)40(27(66)18(7-55)77-46)85-43-23(50-13(2)61)30(69)38(21(10-58)80-43)83-47-35(74)41(28(67)19(8-56)78-47)86-44-24(51-14(3)62)31(70)39(22(11-59)81-44)84-48-36(75)42(29(68)20(9-57)79-48)87-45-33(72)32(71)26(65)17(6-54)76-45/h15-48,52-59,63-75H,4-11H2,1-3H3,(H,49,60)(H,50,61)(H,51,62)/t15-,16+,17+,18+,19+,20+,21+,22+,23+,24+,25-,26-,27-,28-,29-,30+,31+,32-,33+,34+,35+,36+,37+,38+,39+,40-,41-,42-,43-,44-,45-,46-,47-,48-/m0/s1. The van der Waals surface area contributed by atoms with Gasteiger partial charge in [0.25, 0.3) is 0 Å². The average Bonchev–Trinajstić information content (AvgIpc) is 1.00. The molecular formula is C48H83N3O36. The molecule has 0 unspecified atom stereocenters. The SMILES string of the molecule is CC(=O)N[C@H]1[C@H](O[C@H]2[C@@H](O)[C@@H](CO)O[C@@H](O[C@@H]([C@@H](O)[C@H](O)CO)[C@H](CO)NC(C)=O)[C@@H]2O)O[C@H](CO)[C@@H](O[C@@H]2O[C@H](CO)[C@H](O)[C@H](O[C@@H]3O[C@H](CO)[C@@H](O[C@@H]4O[C@H](CO)[C@H](O)[C@H](O[C@@H]5O[C@H](CO)[C@H](O)[C@H](O)[C@H]5O)[C@H]4O)[C@H](O)[C@H]3NC(C)=O)[C@H]2O)[C@@H]1O. The highest BCUT2D eigenvalue weighted by Gasteiger charge is 2.59. The van der Waals surface area contributed by atoms with Gasteiger partial charge in [0.05, 0.1) is 58.9 Å². The van der Waals surface area contributed by atoms with Gasteiger partial charge in [-0.3, -0.25) is 14.4 Å². The van der Waals surface area contributed by atoms with Crippen molar-refractivity contribution in [3.8, 4) is 0 Å². The molecule has 506 valence electrons. The van der Waals surface area contributed by atoms with Gasteiger partial charge in [-0.2, -0.15) is 0 Å². The lowest BCUT2D eigenvalue weighted by Gasteiger charge is -2.51. The largest absolute Gasteiger partial charge is 0.394 e. The highest BCUT2D eigenvalue weighted by Crippen LogP contribution is 2.37. The van der Waals surface area contributed by atoms with Crippen molar-refractivity contribution in [2.24, 2.45) is 0 Å². The van der Waals surface area contributed by atoms with Crippen LogP contribution in [0.5, 0.6) is 0 Å². The smallest absolute Gasteiger partial charge is 0.217 e. The molecule has 0 bridgehead atoms. The van der Waals surface area contributed by atoms with E-state index in [0.717, 1.165) is 20.8 Å². The van der Waals surface area contributed by atoms with Crippen LogP contribution in [0.2, 0.25) is 0 Å². The van der Waals surface area contributed by atoms with E-state index >= 15 is 0 Å². The van der Waals surface area contributed by atoms with Crippen LogP contribution in [0.3, 0.4) is 0 Å². The summed E-state index contributed by atoms with van der Waals surface area (Å²) in [6.45, 7) is -5.34. The molecule has 6 rings (SSSR count). The zero-order valence-electron chi connectivity index (χ0n) is 46.8. The normalized spacial score (nSPS) is 45.1.